The summed E-state index contributed by atoms with van der Waals surface area (Å²) >= 11 is 6.76. The minimum absolute atomic E-state index is 0.244. The summed E-state index contributed by atoms with van der Waals surface area (Å²) in [5, 5.41) is 2.73. The summed E-state index contributed by atoms with van der Waals surface area (Å²) in [4.78, 5) is 24.7. The monoisotopic (exact) mass is 377 g/mol. The smallest absolute Gasteiger partial charge is 0.312 e. The molecule has 0 heterocycles. The lowest BCUT2D eigenvalue weighted by Gasteiger charge is -2.58. The van der Waals surface area contributed by atoms with Crippen molar-refractivity contribution in [1.29, 1.82) is 0 Å². The van der Waals surface area contributed by atoms with E-state index in [-0.39, 0.29) is 23.4 Å². The lowest BCUT2D eigenvalue weighted by atomic mass is 9.49. The molecule has 4 atom stereocenters. The molecule has 5 rings (SSSR count). The Morgan fingerprint density at radius 1 is 1.23 bits per heavy atom. The summed E-state index contributed by atoms with van der Waals surface area (Å²) in [7, 11) is 1.57. The molecule has 4 saturated carbocycles. The van der Waals surface area contributed by atoms with Gasteiger partial charge in [0.05, 0.1) is 12.5 Å². The van der Waals surface area contributed by atoms with E-state index in [1.807, 2.05) is 0 Å². The molecular formula is C20H24ClNO4. The third kappa shape index (κ3) is 3.29. The molecule has 2 unspecified atom stereocenters. The quantitative estimate of drug-likeness (QED) is 0.627. The van der Waals surface area contributed by atoms with Crippen LogP contribution in [0.15, 0.2) is 24.3 Å². The first kappa shape index (κ1) is 17.7. The highest BCUT2D eigenvalue weighted by Crippen LogP contribution is 2.64. The maximum absolute atomic E-state index is 12.8. The van der Waals surface area contributed by atoms with Gasteiger partial charge in [0.2, 0.25) is 0 Å². The van der Waals surface area contributed by atoms with Gasteiger partial charge >= 0.3 is 5.97 Å². The highest BCUT2D eigenvalue weighted by Gasteiger charge is 2.60. The summed E-state index contributed by atoms with van der Waals surface area (Å²) in [5.74, 6) is 1.09. The fraction of sp³-hybridized carbons (Fsp3) is 0.600. The largest absolute Gasteiger partial charge is 0.497 e. The van der Waals surface area contributed by atoms with Crippen molar-refractivity contribution < 1.29 is 19.1 Å². The lowest BCUT2D eigenvalue weighted by molar-refractivity contribution is -0.171. The van der Waals surface area contributed by atoms with Gasteiger partial charge in [0.25, 0.3) is 5.91 Å². The van der Waals surface area contributed by atoms with Crippen molar-refractivity contribution in [1.82, 2.24) is 0 Å². The molecule has 1 N–H and O–H groups in total. The molecule has 1 amide bonds. The number of methoxy groups -OCH3 is 1. The number of alkyl halides is 1. The SMILES string of the molecule is COc1cccc(NC(=O)COC(=O)C23C[C@@H]4C[C@@H](CC(Cl)(C4)C2)C3)c1. The van der Waals surface area contributed by atoms with E-state index < -0.39 is 5.41 Å². The summed E-state index contributed by atoms with van der Waals surface area (Å²) in [6.45, 7) is -0.275. The van der Waals surface area contributed by atoms with Crippen molar-refractivity contribution >= 4 is 29.2 Å². The van der Waals surface area contributed by atoms with E-state index in [2.05, 4.69) is 5.32 Å². The minimum atomic E-state index is -0.484. The number of hydrogen-bond donors (Lipinski definition) is 1. The van der Waals surface area contributed by atoms with Crippen molar-refractivity contribution in [3.05, 3.63) is 24.3 Å². The van der Waals surface area contributed by atoms with Crippen LogP contribution in [0.1, 0.15) is 38.5 Å². The standard InChI is InChI=1S/C20H24ClNO4/c1-25-16-4-2-3-15(6-16)22-17(23)11-26-18(24)19-7-13-5-14(8-19)10-20(21,9-13)12-19/h2-4,6,13-14H,5,7-12H2,1H3,(H,22,23)/t13-,14+,19?,20?. The highest BCUT2D eigenvalue weighted by molar-refractivity contribution is 6.24. The Kier molecular flexibility index (Phi) is 4.38. The summed E-state index contributed by atoms with van der Waals surface area (Å²) in [6, 6.07) is 7.06. The van der Waals surface area contributed by atoms with Crippen LogP contribution in [-0.4, -0.2) is 30.5 Å². The summed E-state index contributed by atoms with van der Waals surface area (Å²) in [6.07, 6.45) is 5.60. The molecule has 26 heavy (non-hydrogen) atoms. The molecule has 4 bridgehead atoms. The van der Waals surface area contributed by atoms with Gasteiger partial charge in [0, 0.05) is 16.6 Å². The summed E-state index contributed by atoms with van der Waals surface area (Å²) < 4.78 is 10.6. The predicted molar refractivity (Wildman–Crippen MR) is 98.3 cm³/mol. The second-order valence-electron chi connectivity index (χ2n) is 8.25. The molecule has 6 heteroatoms. The van der Waals surface area contributed by atoms with Gasteiger partial charge in [-0.2, -0.15) is 0 Å². The van der Waals surface area contributed by atoms with Gasteiger partial charge < -0.3 is 14.8 Å². The number of carbonyl (C=O) groups excluding carboxylic acids is 2. The van der Waals surface area contributed by atoms with Crippen molar-refractivity contribution in [2.24, 2.45) is 17.3 Å². The molecule has 0 radical (unpaired) electrons. The average Bonchev–Trinajstić information content (AvgIpc) is 2.57. The second kappa shape index (κ2) is 6.45. The van der Waals surface area contributed by atoms with E-state index in [1.54, 1.807) is 31.4 Å². The van der Waals surface area contributed by atoms with E-state index in [9.17, 15) is 9.59 Å². The van der Waals surface area contributed by atoms with Crippen LogP contribution in [0.2, 0.25) is 0 Å². The van der Waals surface area contributed by atoms with Gasteiger partial charge in [0.15, 0.2) is 6.61 Å². The number of benzene rings is 1. The maximum atomic E-state index is 12.8. The lowest BCUT2D eigenvalue weighted by Crippen LogP contribution is -2.56. The number of anilines is 1. The topological polar surface area (TPSA) is 64.6 Å². The van der Waals surface area contributed by atoms with Crippen molar-refractivity contribution in [2.75, 3.05) is 19.0 Å². The first-order valence-electron chi connectivity index (χ1n) is 9.20. The minimum Gasteiger partial charge on any atom is -0.497 e. The molecule has 140 valence electrons. The zero-order valence-electron chi connectivity index (χ0n) is 14.9. The first-order valence-corrected chi connectivity index (χ1v) is 9.58. The fourth-order valence-electron chi connectivity index (χ4n) is 5.57. The maximum Gasteiger partial charge on any atom is 0.312 e. The van der Waals surface area contributed by atoms with Crippen LogP contribution >= 0.6 is 11.6 Å². The summed E-state index contributed by atoms with van der Waals surface area (Å²) in [5.41, 5.74) is 0.127. The van der Waals surface area contributed by atoms with E-state index in [1.165, 1.54) is 6.42 Å². The van der Waals surface area contributed by atoms with Gasteiger partial charge in [-0.3, -0.25) is 9.59 Å². The molecule has 4 aliphatic rings. The van der Waals surface area contributed by atoms with Crippen LogP contribution in [0.3, 0.4) is 0 Å². The van der Waals surface area contributed by atoms with E-state index in [4.69, 9.17) is 21.1 Å². The molecule has 1 aromatic carbocycles. The van der Waals surface area contributed by atoms with E-state index >= 15 is 0 Å². The fourth-order valence-corrected chi connectivity index (χ4v) is 6.26. The van der Waals surface area contributed by atoms with Crippen LogP contribution in [0.5, 0.6) is 5.75 Å². The average molecular weight is 378 g/mol. The second-order valence-corrected chi connectivity index (χ2v) is 9.05. The van der Waals surface area contributed by atoms with Gasteiger partial charge in [-0.05, 0) is 62.5 Å². The number of ether oxygens (including phenoxy) is 2. The number of halogens is 1. The van der Waals surface area contributed by atoms with Crippen molar-refractivity contribution in [3.8, 4) is 5.75 Å². The number of hydrogen-bond acceptors (Lipinski definition) is 4. The Hall–Kier alpha value is -1.75. The Morgan fingerprint density at radius 3 is 2.62 bits per heavy atom. The number of amides is 1. The predicted octanol–water partition coefficient (Wildman–Crippen LogP) is 3.75. The van der Waals surface area contributed by atoms with Gasteiger partial charge in [-0.15, -0.1) is 11.6 Å². The zero-order chi connectivity index (χ0) is 18.4. The Labute approximate surface area is 158 Å². The number of rotatable bonds is 5. The molecule has 5 nitrogen and oxygen atoms in total. The Morgan fingerprint density at radius 2 is 1.96 bits per heavy atom. The third-order valence-electron chi connectivity index (χ3n) is 6.11. The first-order chi connectivity index (χ1) is 12.4. The molecule has 0 spiro atoms. The normalized spacial score (nSPS) is 34.4. The van der Waals surface area contributed by atoms with Crippen LogP contribution in [-0.2, 0) is 14.3 Å². The molecular weight excluding hydrogens is 354 g/mol. The molecule has 0 aromatic heterocycles. The van der Waals surface area contributed by atoms with Gasteiger partial charge in [-0.1, -0.05) is 6.07 Å². The van der Waals surface area contributed by atoms with Gasteiger partial charge in [0.1, 0.15) is 5.75 Å². The molecule has 4 aliphatic carbocycles. The van der Waals surface area contributed by atoms with Crippen LogP contribution in [0, 0.1) is 17.3 Å². The van der Waals surface area contributed by atoms with E-state index in [0.29, 0.717) is 29.7 Å². The zero-order valence-corrected chi connectivity index (χ0v) is 15.7. The van der Waals surface area contributed by atoms with Crippen molar-refractivity contribution in [3.63, 3.8) is 0 Å². The van der Waals surface area contributed by atoms with Crippen LogP contribution < -0.4 is 10.1 Å². The van der Waals surface area contributed by atoms with Gasteiger partial charge in [-0.25, -0.2) is 0 Å². The number of esters is 1. The van der Waals surface area contributed by atoms with E-state index in [0.717, 1.165) is 25.7 Å². The molecule has 0 saturated heterocycles. The number of carbonyl (C=O) groups is 2. The molecule has 1 aromatic rings. The molecule has 0 aliphatic heterocycles. The van der Waals surface area contributed by atoms with Crippen LogP contribution in [0.4, 0.5) is 5.69 Å². The highest BCUT2D eigenvalue weighted by atomic mass is 35.5. The third-order valence-corrected chi connectivity index (χ3v) is 6.55. The van der Waals surface area contributed by atoms with Crippen LogP contribution in [0.25, 0.3) is 0 Å². The number of nitrogens with one attached hydrogen (secondary N) is 1. The Bertz CT molecular complexity index is 720. The molecule has 4 fully saturated rings. The Balaban J connectivity index is 1.36. The van der Waals surface area contributed by atoms with Crippen molar-refractivity contribution in [2.45, 2.75) is 43.4 Å².